The van der Waals surface area contributed by atoms with Gasteiger partial charge in [-0.25, -0.2) is 0 Å². The second kappa shape index (κ2) is 12.8. The van der Waals surface area contributed by atoms with E-state index < -0.39 is 18.5 Å². The minimum Gasteiger partial charge on any atom is -0.491 e. The first-order valence-corrected chi connectivity index (χ1v) is 13.1. The van der Waals surface area contributed by atoms with Crippen molar-refractivity contribution in [3.05, 3.63) is 23.8 Å². The fourth-order valence-electron chi connectivity index (χ4n) is 5.13. The maximum absolute atomic E-state index is 13.6. The number of benzene rings is 1. The van der Waals surface area contributed by atoms with Crippen LogP contribution in [-0.2, 0) is 14.3 Å². The molecule has 3 rings (SSSR count). The topological polar surface area (TPSA) is 88.2 Å². The number of carbonyl (C=O) groups is 3. The van der Waals surface area contributed by atoms with Gasteiger partial charge in [-0.1, -0.05) is 26.2 Å². The van der Waals surface area contributed by atoms with Crippen molar-refractivity contribution >= 4 is 23.4 Å². The minimum atomic E-state index is -4.64. The minimum absolute atomic E-state index is 0.0423. The number of carbonyl (C=O) groups excluding carboxylic acids is 3. The SMILES string of the molecule is CO[C@@H]1CN(C)C(=O)c2ccc(NC(=O)CC(F)(F)F)cc2OC[C@@H](C)N(C(=O)C2CCCCC2)C[C@H]1C. The first-order valence-electron chi connectivity index (χ1n) is 13.1. The number of amides is 3. The molecule has 0 unspecified atom stereocenters. The predicted molar refractivity (Wildman–Crippen MR) is 136 cm³/mol. The Hall–Kier alpha value is -2.82. The summed E-state index contributed by atoms with van der Waals surface area (Å²) >= 11 is 0. The van der Waals surface area contributed by atoms with Crippen molar-refractivity contribution in [1.29, 1.82) is 0 Å². The van der Waals surface area contributed by atoms with Crippen LogP contribution in [0, 0.1) is 11.8 Å². The van der Waals surface area contributed by atoms with E-state index in [9.17, 15) is 27.6 Å². The van der Waals surface area contributed by atoms with Crippen molar-refractivity contribution < 1.29 is 37.0 Å². The number of ether oxygens (including phenoxy) is 2. The highest BCUT2D eigenvalue weighted by molar-refractivity contribution is 5.98. The smallest absolute Gasteiger partial charge is 0.397 e. The molecule has 3 atom stereocenters. The lowest BCUT2D eigenvalue weighted by molar-refractivity contribution is -0.150. The molecule has 38 heavy (non-hydrogen) atoms. The van der Waals surface area contributed by atoms with Gasteiger partial charge in [-0.3, -0.25) is 14.4 Å². The van der Waals surface area contributed by atoms with Gasteiger partial charge in [0.25, 0.3) is 5.91 Å². The highest BCUT2D eigenvalue weighted by Crippen LogP contribution is 2.30. The Labute approximate surface area is 221 Å². The van der Waals surface area contributed by atoms with Gasteiger partial charge in [-0.15, -0.1) is 0 Å². The first-order chi connectivity index (χ1) is 17.9. The number of hydrogen-bond acceptors (Lipinski definition) is 5. The molecule has 0 bridgehead atoms. The number of rotatable bonds is 4. The van der Waals surface area contributed by atoms with Crippen LogP contribution >= 0.6 is 0 Å². The molecule has 1 N–H and O–H groups in total. The van der Waals surface area contributed by atoms with Crippen LogP contribution in [0.15, 0.2) is 18.2 Å². The van der Waals surface area contributed by atoms with Crippen LogP contribution < -0.4 is 10.1 Å². The van der Waals surface area contributed by atoms with E-state index >= 15 is 0 Å². The highest BCUT2D eigenvalue weighted by Gasteiger charge is 2.34. The van der Waals surface area contributed by atoms with Crippen molar-refractivity contribution in [1.82, 2.24) is 9.80 Å². The Bertz CT molecular complexity index is 997. The molecule has 3 amide bonds. The summed E-state index contributed by atoms with van der Waals surface area (Å²) in [7, 11) is 3.21. The van der Waals surface area contributed by atoms with Crippen LogP contribution in [0.1, 0.15) is 62.7 Å². The molecule has 0 saturated heterocycles. The standard InChI is InChI=1S/C27H38F3N3O5/c1-17-14-33(25(35)19-8-6-5-7-9-19)18(2)16-38-22-12-20(31-24(34)13-27(28,29)30)10-11-21(22)26(36)32(3)15-23(17)37-4/h10-12,17-19,23H,5-9,13-16H2,1-4H3,(H,31,34)/t17-,18-,23-/m1/s1. The zero-order valence-corrected chi connectivity index (χ0v) is 22.5. The van der Waals surface area contributed by atoms with Crippen LogP contribution in [0.25, 0.3) is 0 Å². The third kappa shape index (κ3) is 7.85. The first kappa shape index (κ1) is 29.7. The van der Waals surface area contributed by atoms with Gasteiger partial charge in [0, 0.05) is 50.8 Å². The highest BCUT2D eigenvalue weighted by atomic mass is 19.4. The molecule has 0 aromatic heterocycles. The molecule has 1 heterocycles. The lowest BCUT2D eigenvalue weighted by atomic mass is 9.87. The van der Waals surface area contributed by atoms with Gasteiger partial charge in [0.15, 0.2) is 0 Å². The summed E-state index contributed by atoms with van der Waals surface area (Å²) < 4.78 is 49.6. The average Bonchev–Trinajstić information content (AvgIpc) is 2.86. The molecular weight excluding hydrogens is 503 g/mol. The fourth-order valence-corrected chi connectivity index (χ4v) is 5.13. The monoisotopic (exact) mass is 541 g/mol. The summed E-state index contributed by atoms with van der Waals surface area (Å²) in [5.74, 6) is -1.48. The van der Waals surface area contributed by atoms with E-state index in [1.807, 2.05) is 18.7 Å². The van der Waals surface area contributed by atoms with Crippen LogP contribution in [0.5, 0.6) is 5.75 Å². The predicted octanol–water partition coefficient (Wildman–Crippen LogP) is 4.49. The van der Waals surface area contributed by atoms with Crippen molar-refractivity contribution in [3.8, 4) is 5.75 Å². The Kier molecular flexibility index (Phi) is 10.0. The van der Waals surface area contributed by atoms with Gasteiger partial charge in [0.1, 0.15) is 18.8 Å². The summed E-state index contributed by atoms with van der Waals surface area (Å²) in [4.78, 5) is 42.1. The molecule has 8 nitrogen and oxygen atoms in total. The van der Waals surface area contributed by atoms with E-state index in [0.717, 1.165) is 32.1 Å². The quantitative estimate of drug-likeness (QED) is 0.607. The molecule has 1 aliphatic carbocycles. The number of anilines is 1. The maximum atomic E-state index is 13.6. The van der Waals surface area contributed by atoms with Crippen LogP contribution in [-0.4, -0.2) is 79.7 Å². The number of alkyl halides is 3. The largest absolute Gasteiger partial charge is 0.491 e. The Morgan fingerprint density at radius 1 is 1.13 bits per heavy atom. The van der Waals surface area contributed by atoms with Gasteiger partial charge in [0.05, 0.1) is 17.7 Å². The molecule has 0 radical (unpaired) electrons. The molecule has 0 spiro atoms. The molecule has 212 valence electrons. The van der Waals surface area contributed by atoms with Crippen molar-refractivity contribution in [3.63, 3.8) is 0 Å². The van der Waals surface area contributed by atoms with Crippen molar-refractivity contribution in [2.75, 3.05) is 39.2 Å². The molecule has 1 saturated carbocycles. The number of fused-ring (bicyclic) bond motifs is 1. The number of nitrogens with one attached hydrogen (secondary N) is 1. The molecule has 2 aliphatic rings. The van der Waals surface area contributed by atoms with Gasteiger partial charge in [0.2, 0.25) is 11.8 Å². The van der Waals surface area contributed by atoms with E-state index in [0.29, 0.717) is 6.54 Å². The van der Waals surface area contributed by atoms with Gasteiger partial charge in [-0.2, -0.15) is 13.2 Å². The van der Waals surface area contributed by atoms with Crippen molar-refractivity contribution in [2.45, 2.75) is 70.7 Å². The third-order valence-corrected chi connectivity index (χ3v) is 7.33. The van der Waals surface area contributed by atoms with Crippen molar-refractivity contribution in [2.24, 2.45) is 11.8 Å². The Morgan fingerprint density at radius 3 is 2.45 bits per heavy atom. The van der Waals surface area contributed by atoms with Gasteiger partial charge in [-0.05, 0) is 31.9 Å². The summed E-state index contributed by atoms with van der Waals surface area (Å²) in [6, 6.07) is 3.79. The molecule has 1 aromatic rings. The van der Waals surface area contributed by atoms with Gasteiger partial charge >= 0.3 is 6.18 Å². The summed E-state index contributed by atoms with van der Waals surface area (Å²) in [6.07, 6.45) is -1.72. The zero-order chi connectivity index (χ0) is 28.0. The normalized spacial score (nSPS) is 24.1. The van der Waals surface area contributed by atoms with E-state index in [4.69, 9.17) is 9.47 Å². The van der Waals surface area contributed by atoms with Crippen LogP contribution in [0.3, 0.4) is 0 Å². The van der Waals surface area contributed by atoms with Gasteiger partial charge < -0.3 is 24.6 Å². The zero-order valence-electron chi connectivity index (χ0n) is 22.5. The Balaban J connectivity index is 1.92. The van der Waals surface area contributed by atoms with Crippen LogP contribution in [0.2, 0.25) is 0 Å². The fraction of sp³-hybridized carbons (Fsp3) is 0.667. The number of nitrogens with zero attached hydrogens (tertiary/aromatic N) is 2. The van der Waals surface area contributed by atoms with E-state index in [2.05, 4.69) is 5.32 Å². The molecule has 1 fully saturated rings. The molecule has 1 aliphatic heterocycles. The number of methoxy groups -OCH3 is 1. The lowest BCUT2D eigenvalue weighted by Gasteiger charge is -2.38. The van der Waals surface area contributed by atoms with Crippen LogP contribution in [0.4, 0.5) is 18.9 Å². The van der Waals surface area contributed by atoms with E-state index in [1.165, 1.54) is 23.1 Å². The number of likely N-dealkylation sites (N-methyl/N-ethyl adjacent to an activating group) is 1. The summed E-state index contributed by atoms with van der Waals surface area (Å²) in [6.45, 7) is 4.63. The molecule has 1 aromatic carbocycles. The number of halogens is 3. The average molecular weight is 542 g/mol. The summed E-state index contributed by atoms with van der Waals surface area (Å²) in [5, 5.41) is 2.22. The second-order valence-corrected chi connectivity index (χ2v) is 10.5. The number of hydrogen-bond donors (Lipinski definition) is 1. The lowest BCUT2D eigenvalue weighted by Crippen LogP contribution is -2.50. The van der Waals surface area contributed by atoms with E-state index in [1.54, 1.807) is 14.2 Å². The van der Waals surface area contributed by atoms with E-state index in [-0.39, 0.29) is 65.9 Å². The molecule has 11 heteroatoms. The third-order valence-electron chi connectivity index (χ3n) is 7.33. The Morgan fingerprint density at radius 2 is 1.82 bits per heavy atom. The second-order valence-electron chi connectivity index (χ2n) is 10.5. The maximum Gasteiger partial charge on any atom is 0.397 e. The molecular formula is C27H38F3N3O5. The summed E-state index contributed by atoms with van der Waals surface area (Å²) in [5.41, 5.74) is 0.272.